The molecule has 210 valence electrons. The van der Waals surface area contributed by atoms with E-state index < -0.39 is 23.5 Å². The molecule has 0 saturated carbocycles. The number of fused-ring (bicyclic) bond motifs is 1. The number of hydrogen-bond donors (Lipinski definition) is 1. The minimum atomic E-state index is -1.03. The first-order chi connectivity index (χ1) is 19.9. The van der Waals surface area contributed by atoms with Crippen molar-refractivity contribution in [2.75, 3.05) is 32.8 Å². The SMILES string of the molecule is CCOc1ccc2nc(N3C(=O)C(O)=C(C(=O)C=Cc4ccccc4)C3c3cc(OC)c(OC)c(OC)c3)sc2c1. The number of aromatic nitrogens is 1. The maximum Gasteiger partial charge on any atom is 0.296 e. The first-order valence-electron chi connectivity index (χ1n) is 12.8. The lowest BCUT2D eigenvalue weighted by Crippen LogP contribution is -2.30. The third kappa shape index (κ3) is 5.21. The molecule has 3 aromatic carbocycles. The summed E-state index contributed by atoms with van der Waals surface area (Å²) in [6, 6.07) is 17.0. The Morgan fingerprint density at radius 3 is 2.37 bits per heavy atom. The van der Waals surface area contributed by atoms with Crippen LogP contribution in [0.1, 0.15) is 24.1 Å². The van der Waals surface area contributed by atoms with Gasteiger partial charge in [-0.3, -0.25) is 14.5 Å². The molecule has 0 aliphatic carbocycles. The van der Waals surface area contributed by atoms with E-state index in [-0.39, 0.29) is 5.57 Å². The number of thiazole rings is 1. The molecule has 41 heavy (non-hydrogen) atoms. The van der Waals surface area contributed by atoms with Gasteiger partial charge in [-0.25, -0.2) is 4.98 Å². The summed E-state index contributed by atoms with van der Waals surface area (Å²) >= 11 is 1.25. The Labute approximate surface area is 240 Å². The van der Waals surface area contributed by atoms with Gasteiger partial charge < -0.3 is 24.1 Å². The fourth-order valence-electron chi connectivity index (χ4n) is 4.71. The molecule has 1 aliphatic heterocycles. The fourth-order valence-corrected chi connectivity index (χ4v) is 5.73. The van der Waals surface area contributed by atoms with E-state index in [0.29, 0.717) is 45.8 Å². The molecule has 5 rings (SSSR count). The highest BCUT2D eigenvalue weighted by molar-refractivity contribution is 7.22. The number of aliphatic hydroxyl groups excluding tert-OH is 1. The summed E-state index contributed by atoms with van der Waals surface area (Å²) in [4.78, 5) is 33.3. The van der Waals surface area contributed by atoms with Crippen LogP contribution in [0.2, 0.25) is 0 Å². The van der Waals surface area contributed by atoms with Gasteiger partial charge in [0.15, 0.2) is 28.2 Å². The topological polar surface area (TPSA) is 107 Å². The maximum atomic E-state index is 13.7. The standard InChI is InChI=1S/C31H28N2O7S/c1-5-40-20-12-13-21-25(17-20)41-31(32-21)33-27(19-15-23(37-2)29(39-4)24(16-19)38-3)26(28(35)30(33)36)22(34)14-11-18-9-7-6-8-10-18/h6-17,27,35H,5H2,1-4H3. The van der Waals surface area contributed by atoms with E-state index in [1.165, 1.54) is 43.6 Å². The molecule has 1 atom stereocenters. The average molecular weight is 573 g/mol. The zero-order valence-corrected chi connectivity index (χ0v) is 23.7. The summed E-state index contributed by atoms with van der Waals surface area (Å²) in [5.41, 5.74) is 1.81. The van der Waals surface area contributed by atoms with E-state index in [9.17, 15) is 14.7 Å². The highest BCUT2D eigenvalue weighted by atomic mass is 32.1. The van der Waals surface area contributed by atoms with Crippen LogP contribution in [0.25, 0.3) is 16.3 Å². The molecule has 1 unspecified atom stereocenters. The van der Waals surface area contributed by atoms with Crippen LogP contribution in [-0.2, 0) is 9.59 Å². The highest BCUT2D eigenvalue weighted by Gasteiger charge is 2.45. The summed E-state index contributed by atoms with van der Waals surface area (Å²) in [6.07, 6.45) is 2.98. The van der Waals surface area contributed by atoms with Gasteiger partial charge in [0.05, 0.1) is 49.8 Å². The van der Waals surface area contributed by atoms with E-state index in [0.717, 1.165) is 10.3 Å². The molecule has 0 saturated heterocycles. The van der Waals surface area contributed by atoms with Crippen molar-refractivity contribution in [1.82, 2.24) is 4.98 Å². The number of amides is 1. The molecule has 0 bridgehead atoms. The van der Waals surface area contributed by atoms with Crippen LogP contribution in [0, 0.1) is 0 Å². The van der Waals surface area contributed by atoms with Gasteiger partial charge in [0.1, 0.15) is 5.75 Å². The Bertz CT molecular complexity index is 1650. The number of anilines is 1. The summed E-state index contributed by atoms with van der Waals surface area (Å²) in [5, 5.41) is 11.4. The molecule has 1 N–H and O–H groups in total. The monoisotopic (exact) mass is 572 g/mol. The average Bonchev–Trinajstić information content (AvgIpc) is 3.53. The van der Waals surface area contributed by atoms with E-state index in [2.05, 4.69) is 4.98 Å². The molecule has 9 nitrogen and oxygen atoms in total. The number of allylic oxidation sites excluding steroid dienone is 1. The van der Waals surface area contributed by atoms with Crippen molar-refractivity contribution in [3.05, 3.63) is 89.2 Å². The van der Waals surface area contributed by atoms with Crippen LogP contribution in [0.15, 0.2) is 78.1 Å². The molecule has 0 fully saturated rings. The number of hydrogen-bond acceptors (Lipinski definition) is 9. The Balaban J connectivity index is 1.66. The number of carbonyl (C=O) groups is 2. The number of aliphatic hydroxyl groups is 1. The highest BCUT2D eigenvalue weighted by Crippen LogP contribution is 2.48. The van der Waals surface area contributed by atoms with Crippen LogP contribution < -0.4 is 23.8 Å². The first kappa shape index (κ1) is 27.7. The zero-order chi connectivity index (χ0) is 29.1. The van der Waals surface area contributed by atoms with Gasteiger partial charge in [-0.05, 0) is 54.5 Å². The van der Waals surface area contributed by atoms with Gasteiger partial charge in [-0.2, -0.15) is 0 Å². The third-order valence-corrected chi connectivity index (χ3v) is 7.59. The summed E-state index contributed by atoms with van der Waals surface area (Å²) in [5.74, 6) is -0.239. The van der Waals surface area contributed by atoms with Gasteiger partial charge in [0.2, 0.25) is 5.75 Å². The number of rotatable bonds is 10. The predicted octanol–water partition coefficient (Wildman–Crippen LogP) is 5.90. The molecule has 1 aliphatic rings. The lowest BCUT2D eigenvalue weighted by molar-refractivity contribution is -0.117. The van der Waals surface area contributed by atoms with Crippen LogP contribution in [0.5, 0.6) is 23.0 Å². The number of methoxy groups -OCH3 is 3. The number of ketones is 1. The van der Waals surface area contributed by atoms with E-state index in [1.54, 1.807) is 30.3 Å². The van der Waals surface area contributed by atoms with Crippen LogP contribution in [-0.4, -0.2) is 49.7 Å². The van der Waals surface area contributed by atoms with E-state index in [4.69, 9.17) is 18.9 Å². The largest absolute Gasteiger partial charge is 0.503 e. The van der Waals surface area contributed by atoms with Gasteiger partial charge in [-0.15, -0.1) is 0 Å². The van der Waals surface area contributed by atoms with Gasteiger partial charge in [0.25, 0.3) is 5.91 Å². The third-order valence-electron chi connectivity index (χ3n) is 6.57. The van der Waals surface area contributed by atoms with Gasteiger partial charge in [-0.1, -0.05) is 47.7 Å². The second-order valence-electron chi connectivity index (χ2n) is 8.97. The second kappa shape index (κ2) is 11.7. The smallest absolute Gasteiger partial charge is 0.296 e. The van der Waals surface area contributed by atoms with Crippen LogP contribution in [0.3, 0.4) is 0 Å². The molecule has 0 radical (unpaired) electrons. The summed E-state index contributed by atoms with van der Waals surface area (Å²) in [6.45, 7) is 2.40. The van der Waals surface area contributed by atoms with Crippen LogP contribution in [0.4, 0.5) is 5.13 Å². The van der Waals surface area contributed by atoms with Crippen molar-refractivity contribution < 1.29 is 33.6 Å². The van der Waals surface area contributed by atoms with Gasteiger partial charge >= 0.3 is 0 Å². The Hall–Kier alpha value is -4.83. The quantitative estimate of drug-likeness (QED) is 0.234. The number of carbonyl (C=O) groups excluding carboxylic acids is 2. The van der Waals surface area contributed by atoms with E-state index in [1.807, 2.05) is 43.3 Å². The molecule has 1 aromatic heterocycles. The van der Waals surface area contributed by atoms with Crippen LogP contribution >= 0.6 is 11.3 Å². The Kier molecular flexibility index (Phi) is 7.93. The number of nitrogens with zero attached hydrogens (tertiary/aromatic N) is 2. The molecule has 4 aromatic rings. The van der Waals surface area contributed by atoms with Gasteiger partial charge in [0, 0.05) is 0 Å². The second-order valence-corrected chi connectivity index (χ2v) is 9.97. The number of ether oxygens (including phenoxy) is 4. The van der Waals surface area contributed by atoms with Crippen molar-refractivity contribution in [3.8, 4) is 23.0 Å². The molecule has 10 heteroatoms. The minimum Gasteiger partial charge on any atom is -0.503 e. The summed E-state index contributed by atoms with van der Waals surface area (Å²) < 4.78 is 23.0. The molecular formula is C31H28N2O7S. The zero-order valence-electron chi connectivity index (χ0n) is 22.9. The van der Waals surface area contributed by atoms with Crippen molar-refractivity contribution in [3.63, 3.8) is 0 Å². The Morgan fingerprint density at radius 2 is 1.73 bits per heavy atom. The van der Waals surface area contributed by atoms with Crippen molar-refractivity contribution in [2.24, 2.45) is 0 Å². The lowest BCUT2D eigenvalue weighted by Gasteiger charge is -2.25. The maximum absolute atomic E-state index is 13.7. The van der Waals surface area contributed by atoms with Crippen molar-refractivity contribution in [1.29, 1.82) is 0 Å². The molecular weight excluding hydrogens is 544 g/mol. The Morgan fingerprint density at radius 1 is 1.02 bits per heavy atom. The molecule has 2 heterocycles. The van der Waals surface area contributed by atoms with Crippen molar-refractivity contribution >= 4 is 44.5 Å². The number of benzene rings is 3. The van der Waals surface area contributed by atoms with E-state index >= 15 is 0 Å². The normalized spacial score (nSPS) is 15.2. The minimum absolute atomic E-state index is 0.0919. The molecule has 1 amide bonds. The lowest BCUT2D eigenvalue weighted by atomic mass is 9.95. The predicted molar refractivity (Wildman–Crippen MR) is 157 cm³/mol. The fraction of sp³-hybridized carbons (Fsp3) is 0.194. The molecule has 0 spiro atoms. The first-order valence-corrected chi connectivity index (χ1v) is 13.6. The summed E-state index contributed by atoms with van der Waals surface area (Å²) in [7, 11) is 4.44. The van der Waals surface area contributed by atoms with Crippen molar-refractivity contribution in [2.45, 2.75) is 13.0 Å².